The van der Waals surface area contributed by atoms with Gasteiger partial charge < -0.3 is 9.47 Å². The molecule has 0 aliphatic rings. The maximum atomic E-state index is 11.5. The van der Waals surface area contributed by atoms with Crippen molar-refractivity contribution >= 4 is 25.7 Å². The lowest BCUT2D eigenvalue weighted by Gasteiger charge is -2.10. The number of carbonyl (C=O) groups excluding carboxylic acids is 1. The third-order valence-electron chi connectivity index (χ3n) is 2.38. The summed E-state index contributed by atoms with van der Waals surface area (Å²) in [6.45, 7) is 2.37. The second kappa shape index (κ2) is 6.77. The number of rotatable bonds is 6. The number of ether oxygens (including phenoxy) is 2. The Labute approximate surface area is 116 Å². The average Bonchev–Trinajstić information content (AvgIpc) is 2.37. The molecule has 0 atom stereocenters. The summed E-state index contributed by atoms with van der Waals surface area (Å²) in [6, 6.07) is 3.98. The Morgan fingerprint density at radius 1 is 1.37 bits per heavy atom. The molecule has 0 bridgehead atoms. The van der Waals surface area contributed by atoms with Crippen molar-refractivity contribution in [2.75, 3.05) is 13.7 Å². The fraction of sp³-hybridized carbons (Fsp3) is 0.417. The molecule has 0 aliphatic heterocycles. The summed E-state index contributed by atoms with van der Waals surface area (Å²) in [4.78, 5) is 11.1. The molecule has 5 nitrogen and oxygen atoms in total. The zero-order valence-corrected chi connectivity index (χ0v) is 12.3. The number of carbonyl (C=O) groups is 1. The molecule has 0 radical (unpaired) electrons. The van der Waals surface area contributed by atoms with E-state index in [0.29, 0.717) is 6.61 Å². The number of hydrogen-bond acceptors (Lipinski definition) is 5. The molecule has 1 aromatic rings. The van der Waals surface area contributed by atoms with Gasteiger partial charge in [-0.1, -0.05) is 13.3 Å². The lowest BCUT2D eigenvalue weighted by molar-refractivity contribution is 0.0600. The van der Waals surface area contributed by atoms with Crippen LogP contribution in [0.4, 0.5) is 0 Å². The van der Waals surface area contributed by atoms with Crippen LogP contribution in [-0.2, 0) is 13.8 Å². The summed E-state index contributed by atoms with van der Waals surface area (Å²) >= 11 is 0. The SMILES string of the molecule is CCCCOc1ccc(C(=O)OC)cc1S(=O)(=O)Cl. The van der Waals surface area contributed by atoms with Gasteiger partial charge in [-0.05, 0) is 24.6 Å². The van der Waals surface area contributed by atoms with Crippen molar-refractivity contribution in [3.05, 3.63) is 23.8 Å². The minimum atomic E-state index is -4.00. The van der Waals surface area contributed by atoms with Crippen LogP contribution in [0.2, 0.25) is 0 Å². The summed E-state index contributed by atoms with van der Waals surface area (Å²) in [6.07, 6.45) is 1.71. The van der Waals surface area contributed by atoms with Crippen molar-refractivity contribution < 1.29 is 22.7 Å². The highest BCUT2D eigenvalue weighted by Crippen LogP contribution is 2.28. The van der Waals surface area contributed by atoms with Gasteiger partial charge in [0.1, 0.15) is 10.6 Å². The number of unbranched alkanes of at least 4 members (excludes halogenated alkanes) is 1. The van der Waals surface area contributed by atoms with Gasteiger partial charge in [0.15, 0.2) is 0 Å². The first-order valence-corrected chi connectivity index (χ1v) is 8.01. The van der Waals surface area contributed by atoms with E-state index < -0.39 is 15.0 Å². The molecule has 0 aromatic heterocycles. The zero-order chi connectivity index (χ0) is 14.5. The Balaban J connectivity index is 3.14. The molecule has 106 valence electrons. The summed E-state index contributed by atoms with van der Waals surface area (Å²) < 4.78 is 32.8. The molecule has 19 heavy (non-hydrogen) atoms. The van der Waals surface area contributed by atoms with Crippen molar-refractivity contribution in [3.63, 3.8) is 0 Å². The van der Waals surface area contributed by atoms with Crippen LogP contribution in [0, 0.1) is 0 Å². The van der Waals surface area contributed by atoms with E-state index in [1.54, 1.807) is 0 Å². The van der Waals surface area contributed by atoms with E-state index in [0.717, 1.165) is 18.9 Å². The highest BCUT2D eigenvalue weighted by atomic mass is 35.7. The number of benzene rings is 1. The molecule has 0 N–H and O–H groups in total. The first-order valence-electron chi connectivity index (χ1n) is 5.70. The van der Waals surface area contributed by atoms with E-state index in [-0.39, 0.29) is 16.2 Å². The maximum absolute atomic E-state index is 11.5. The molecule has 7 heteroatoms. The largest absolute Gasteiger partial charge is 0.492 e. The highest BCUT2D eigenvalue weighted by Gasteiger charge is 2.20. The molecular weight excluding hydrogens is 292 g/mol. The van der Waals surface area contributed by atoms with Gasteiger partial charge >= 0.3 is 5.97 Å². The fourth-order valence-corrected chi connectivity index (χ4v) is 2.39. The topological polar surface area (TPSA) is 69.7 Å². The third-order valence-corrected chi connectivity index (χ3v) is 3.73. The summed E-state index contributed by atoms with van der Waals surface area (Å²) in [5.74, 6) is -0.502. The predicted molar refractivity (Wildman–Crippen MR) is 71.2 cm³/mol. The van der Waals surface area contributed by atoms with Gasteiger partial charge in [-0.15, -0.1) is 0 Å². The van der Waals surface area contributed by atoms with Gasteiger partial charge in [-0.25, -0.2) is 13.2 Å². The van der Waals surface area contributed by atoms with E-state index in [2.05, 4.69) is 4.74 Å². The van der Waals surface area contributed by atoms with E-state index in [9.17, 15) is 13.2 Å². The van der Waals surface area contributed by atoms with Crippen LogP contribution in [0.1, 0.15) is 30.1 Å². The predicted octanol–water partition coefficient (Wildman–Crippen LogP) is 2.58. The first-order chi connectivity index (χ1) is 8.90. The van der Waals surface area contributed by atoms with Gasteiger partial charge in [0, 0.05) is 10.7 Å². The van der Waals surface area contributed by atoms with Gasteiger partial charge in [0.05, 0.1) is 19.3 Å². The average molecular weight is 307 g/mol. The Bertz CT molecular complexity index is 553. The number of esters is 1. The molecule has 0 unspecified atom stereocenters. The maximum Gasteiger partial charge on any atom is 0.337 e. The van der Waals surface area contributed by atoms with Crippen molar-refractivity contribution in [1.29, 1.82) is 0 Å². The van der Waals surface area contributed by atoms with Gasteiger partial charge in [-0.3, -0.25) is 0 Å². The molecule has 1 aromatic carbocycles. The highest BCUT2D eigenvalue weighted by molar-refractivity contribution is 8.13. The van der Waals surface area contributed by atoms with Crippen LogP contribution in [0.5, 0.6) is 5.75 Å². The van der Waals surface area contributed by atoms with Crippen LogP contribution in [0.3, 0.4) is 0 Å². The van der Waals surface area contributed by atoms with Gasteiger partial charge in [0.2, 0.25) is 0 Å². The fourth-order valence-electron chi connectivity index (χ4n) is 1.39. The quantitative estimate of drug-likeness (QED) is 0.459. The molecule has 0 aliphatic carbocycles. The van der Waals surface area contributed by atoms with Crippen LogP contribution in [0.15, 0.2) is 23.1 Å². The summed E-state index contributed by atoms with van der Waals surface area (Å²) in [7, 11) is 2.55. The molecule has 1 rings (SSSR count). The Morgan fingerprint density at radius 3 is 2.58 bits per heavy atom. The molecule has 0 fully saturated rings. The summed E-state index contributed by atoms with van der Waals surface area (Å²) in [5, 5.41) is 0. The second-order valence-corrected chi connectivity index (χ2v) is 6.33. The van der Waals surface area contributed by atoms with Crippen molar-refractivity contribution in [2.24, 2.45) is 0 Å². The minimum absolute atomic E-state index is 0.101. The van der Waals surface area contributed by atoms with Crippen LogP contribution in [-0.4, -0.2) is 28.1 Å². The third kappa shape index (κ3) is 4.40. The first kappa shape index (κ1) is 15.8. The van der Waals surface area contributed by atoms with Crippen LogP contribution in [0.25, 0.3) is 0 Å². The van der Waals surface area contributed by atoms with E-state index >= 15 is 0 Å². The zero-order valence-electron chi connectivity index (χ0n) is 10.7. The normalized spacial score (nSPS) is 11.1. The van der Waals surface area contributed by atoms with E-state index in [4.69, 9.17) is 15.4 Å². The Kier molecular flexibility index (Phi) is 5.62. The lowest BCUT2D eigenvalue weighted by atomic mass is 10.2. The molecule has 0 heterocycles. The van der Waals surface area contributed by atoms with Crippen LogP contribution < -0.4 is 4.74 Å². The smallest absolute Gasteiger partial charge is 0.337 e. The Hall–Kier alpha value is -1.27. The lowest BCUT2D eigenvalue weighted by Crippen LogP contribution is -2.06. The van der Waals surface area contributed by atoms with Crippen molar-refractivity contribution in [2.45, 2.75) is 24.7 Å². The minimum Gasteiger partial charge on any atom is -0.492 e. The van der Waals surface area contributed by atoms with Gasteiger partial charge in [0.25, 0.3) is 9.05 Å². The summed E-state index contributed by atoms with van der Waals surface area (Å²) in [5.41, 5.74) is 0.101. The molecule has 0 amide bonds. The monoisotopic (exact) mass is 306 g/mol. The number of hydrogen-bond donors (Lipinski definition) is 0. The molecular formula is C12H15ClO5S. The van der Waals surface area contributed by atoms with E-state index in [1.807, 2.05) is 6.92 Å². The number of methoxy groups -OCH3 is 1. The molecule has 0 saturated heterocycles. The molecule has 0 saturated carbocycles. The second-order valence-electron chi connectivity index (χ2n) is 3.79. The van der Waals surface area contributed by atoms with Crippen molar-refractivity contribution in [3.8, 4) is 5.75 Å². The van der Waals surface area contributed by atoms with Crippen LogP contribution >= 0.6 is 10.7 Å². The standard InChI is InChI=1S/C12H15ClO5S/c1-3-4-7-18-10-6-5-9(12(14)17-2)8-11(10)19(13,15)16/h5-6,8H,3-4,7H2,1-2H3. The Morgan fingerprint density at radius 2 is 2.05 bits per heavy atom. The number of halogens is 1. The van der Waals surface area contributed by atoms with E-state index in [1.165, 1.54) is 19.2 Å². The molecule has 0 spiro atoms. The van der Waals surface area contributed by atoms with Gasteiger partial charge in [-0.2, -0.15) is 0 Å². The van der Waals surface area contributed by atoms with Crippen molar-refractivity contribution in [1.82, 2.24) is 0 Å².